The van der Waals surface area contributed by atoms with Crippen molar-refractivity contribution in [2.24, 2.45) is 0 Å². The van der Waals surface area contributed by atoms with Crippen molar-refractivity contribution < 1.29 is 14.4 Å². The van der Waals surface area contributed by atoms with Gasteiger partial charge in [-0.3, -0.25) is 10.1 Å². The number of nitrogens with zero attached hydrogens (tertiary/aromatic N) is 2. The monoisotopic (exact) mass is 300 g/mol. The zero-order valence-electron chi connectivity index (χ0n) is 11.6. The summed E-state index contributed by atoms with van der Waals surface area (Å²) in [5, 5.41) is 10.9. The molecule has 1 aromatic carbocycles. The van der Waals surface area contributed by atoms with Gasteiger partial charge in [0, 0.05) is 12.1 Å². The van der Waals surface area contributed by atoms with Crippen LogP contribution in [0.5, 0.6) is 11.5 Å². The topological polar surface area (TPSA) is 64.8 Å². The average molecular weight is 301 g/mol. The molecule has 1 aliphatic carbocycles. The van der Waals surface area contributed by atoms with E-state index in [4.69, 9.17) is 21.1 Å². The van der Waals surface area contributed by atoms with E-state index in [9.17, 15) is 10.1 Å². The van der Waals surface area contributed by atoms with Crippen LogP contribution in [0.4, 0.5) is 5.69 Å². The number of benzene rings is 1. The van der Waals surface area contributed by atoms with Crippen molar-refractivity contribution >= 4 is 17.3 Å². The number of methoxy groups -OCH3 is 1. The molecule has 0 aromatic heterocycles. The smallest absolute Gasteiger partial charge is 0.291 e. The number of likely N-dealkylation sites (N-methyl/N-ethyl adjacent to an activating group) is 1. The number of hydrogen-bond donors (Lipinski definition) is 0. The summed E-state index contributed by atoms with van der Waals surface area (Å²) >= 11 is 5.91. The van der Waals surface area contributed by atoms with E-state index in [0.29, 0.717) is 17.5 Å². The highest BCUT2D eigenvalue weighted by atomic mass is 35.5. The molecule has 0 bridgehead atoms. The molecule has 2 atom stereocenters. The zero-order valence-corrected chi connectivity index (χ0v) is 12.4. The number of rotatable bonds is 5. The molecular formula is C13H17ClN2O4. The Morgan fingerprint density at radius 3 is 2.50 bits per heavy atom. The fraction of sp³-hybridized carbons (Fsp3) is 0.538. The standard InChI is InChI=1S/C13H17ClN2O4/c1-15(2)9-4-5-11(9)20-13-6-8(14)10(16(17)18)7-12(13)19-3/h6-7,9,11H,4-5H2,1-3H3/t9-,11-/m0/s1. The summed E-state index contributed by atoms with van der Waals surface area (Å²) in [6.45, 7) is 0. The fourth-order valence-corrected chi connectivity index (χ4v) is 2.48. The number of nitro benzene ring substituents is 1. The Morgan fingerprint density at radius 1 is 1.35 bits per heavy atom. The quantitative estimate of drug-likeness (QED) is 0.618. The third-order valence-corrected chi connectivity index (χ3v) is 3.85. The van der Waals surface area contributed by atoms with Gasteiger partial charge in [0.25, 0.3) is 5.69 Å². The Balaban J connectivity index is 2.23. The molecular weight excluding hydrogens is 284 g/mol. The van der Waals surface area contributed by atoms with Crippen molar-refractivity contribution in [2.45, 2.75) is 25.0 Å². The maximum atomic E-state index is 10.9. The van der Waals surface area contributed by atoms with E-state index in [0.717, 1.165) is 12.8 Å². The highest BCUT2D eigenvalue weighted by Crippen LogP contribution is 2.40. The molecule has 0 amide bonds. The van der Waals surface area contributed by atoms with Crippen LogP contribution in [-0.2, 0) is 0 Å². The van der Waals surface area contributed by atoms with Gasteiger partial charge in [0.05, 0.1) is 18.1 Å². The molecule has 1 aliphatic rings. The molecule has 1 fully saturated rings. The molecule has 0 radical (unpaired) electrons. The SMILES string of the molecule is COc1cc([N+](=O)[O-])c(Cl)cc1O[C@H]1CC[C@@H]1N(C)C. The van der Waals surface area contributed by atoms with E-state index >= 15 is 0 Å². The molecule has 0 N–H and O–H groups in total. The van der Waals surface area contributed by atoms with E-state index < -0.39 is 4.92 Å². The second kappa shape index (κ2) is 5.85. The number of halogens is 1. The third kappa shape index (κ3) is 2.81. The molecule has 0 saturated heterocycles. The van der Waals surface area contributed by atoms with Crippen LogP contribution >= 0.6 is 11.6 Å². The van der Waals surface area contributed by atoms with Gasteiger partial charge < -0.3 is 14.4 Å². The Morgan fingerprint density at radius 2 is 2.05 bits per heavy atom. The van der Waals surface area contributed by atoms with Crippen molar-refractivity contribution in [3.05, 3.63) is 27.3 Å². The highest BCUT2D eigenvalue weighted by molar-refractivity contribution is 6.32. The Bertz CT molecular complexity index is 521. The van der Waals surface area contributed by atoms with E-state index in [1.807, 2.05) is 14.1 Å². The normalized spacial score (nSPS) is 21.4. The molecule has 1 saturated carbocycles. The minimum Gasteiger partial charge on any atom is -0.493 e. The maximum absolute atomic E-state index is 10.9. The molecule has 2 rings (SSSR count). The van der Waals surface area contributed by atoms with Gasteiger partial charge in [0.1, 0.15) is 11.1 Å². The molecule has 0 aliphatic heterocycles. The zero-order chi connectivity index (χ0) is 14.9. The summed E-state index contributed by atoms with van der Waals surface area (Å²) in [6.07, 6.45) is 2.07. The fourth-order valence-electron chi connectivity index (χ4n) is 2.26. The first-order chi connectivity index (χ1) is 9.43. The molecule has 6 nitrogen and oxygen atoms in total. The molecule has 110 valence electrons. The van der Waals surface area contributed by atoms with Crippen molar-refractivity contribution in [3.63, 3.8) is 0 Å². The van der Waals surface area contributed by atoms with E-state index in [-0.39, 0.29) is 16.8 Å². The van der Waals surface area contributed by atoms with Crippen LogP contribution in [0.1, 0.15) is 12.8 Å². The van der Waals surface area contributed by atoms with Crippen LogP contribution in [0, 0.1) is 10.1 Å². The summed E-state index contributed by atoms with van der Waals surface area (Å²) in [4.78, 5) is 12.4. The second-order valence-electron chi connectivity index (χ2n) is 4.98. The van der Waals surface area contributed by atoms with Crippen molar-refractivity contribution in [1.29, 1.82) is 0 Å². The Kier molecular flexibility index (Phi) is 4.35. The first-order valence-electron chi connectivity index (χ1n) is 6.29. The second-order valence-corrected chi connectivity index (χ2v) is 5.38. The van der Waals surface area contributed by atoms with Gasteiger partial charge >= 0.3 is 0 Å². The molecule has 0 unspecified atom stereocenters. The summed E-state index contributed by atoms with van der Waals surface area (Å²) < 4.78 is 11.0. The van der Waals surface area contributed by atoms with Gasteiger partial charge in [0.15, 0.2) is 11.5 Å². The number of hydrogen-bond acceptors (Lipinski definition) is 5. The largest absolute Gasteiger partial charge is 0.493 e. The first-order valence-corrected chi connectivity index (χ1v) is 6.67. The van der Waals surface area contributed by atoms with Crippen LogP contribution in [0.3, 0.4) is 0 Å². The van der Waals surface area contributed by atoms with Gasteiger partial charge in [-0.2, -0.15) is 0 Å². The first kappa shape index (κ1) is 14.9. The predicted octanol–water partition coefficient (Wildman–Crippen LogP) is 2.73. The van der Waals surface area contributed by atoms with Crippen LogP contribution in [0.15, 0.2) is 12.1 Å². The minimum atomic E-state index is -0.541. The predicted molar refractivity (Wildman–Crippen MR) is 75.8 cm³/mol. The lowest BCUT2D eigenvalue weighted by atomic mass is 9.88. The van der Waals surface area contributed by atoms with Gasteiger partial charge in [-0.05, 0) is 26.9 Å². The molecule has 1 aromatic rings. The van der Waals surface area contributed by atoms with E-state index in [1.54, 1.807) is 0 Å². The molecule has 7 heteroatoms. The average Bonchev–Trinajstić information content (AvgIpc) is 2.33. The van der Waals surface area contributed by atoms with Crippen LogP contribution < -0.4 is 9.47 Å². The number of nitro groups is 1. The van der Waals surface area contributed by atoms with Crippen molar-refractivity contribution in [2.75, 3.05) is 21.2 Å². The molecule has 20 heavy (non-hydrogen) atoms. The molecule has 0 heterocycles. The lowest BCUT2D eigenvalue weighted by Crippen LogP contribution is -2.50. The number of ether oxygens (including phenoxy) is 2. The van der Waals surface area contributed by atoms with Crippen LogP contribution in [-0.4, -0.2) is 43.2 Å². The third-order valence-electron chi connectivity index (χ3n) is 3.55. The minimum absolute atomic E-state index is 0.0477. The maximum Gasteiger partial charge on any atom is 0.291 e. The summed E-state index contributed by atoms with van der Waals surface area (Å²) in [7, 11) is 5.45. The Hall–Kier alpha value is -1.53. The van der Waals surface area contributed by atoms with Crippen molar-refractivity contribution in [3.8, 4) is 11.5 Å². The van der Waals surface area contributed by atoms with Crippen LogP contribution in [0.2, 0.25) is 5.02 Å². The highest BCUT2D eigenvalue weighted by Gasteiger charge is 2.35. The summed E-state index contributed by atoms with van der Waals surface area (Å²) in [6, 6.07) is 3.08. The van der Waals surface area contributed by atoms with E-state index in [2.05, 4.69) is 4.90 Å². The van der Waals surface area contributed by atoms with Crippen molar-refractivity contribution in [1.82, 2.24) is 4.90 Å². The van der Waals surface area contributed by atoms with Crippen LogP contribution in [0.25, 0.3) is 0 Å². The van der Waals surface area contributed by atoms with E-state index in [1.165, 1.54) is 19.2 Å². The van der Waals surface area contributed by atoms with Gasteiger partial charge in [-0.1, -0.05) is 11.6 Å². The van der Waals surface area contributed by atoms with Gasteiger partial charge in [0.2, 0.25) is 0 Å². The Labute approximate surface area is 122 Å². The lowest BCUT2D eigenvalue weighted by Gasteiger charge is -2.40. The lowest BCUT2D eigenvalue weighted by molar-refractivity contribution is -0.384. The van der Waals surface area contributed by atoms with Gasteiger partial charge in [-0.25, -0.2) is 0 Å². The summed E-state index contributed by atoms with van der Waals surface area (Å²) in [5.41, 5.74) is -0.186. The molecule has 0 spiro atoms. The van der Waals surface area contributed by atoms with Gasteiger partial charge in [-0.15, -0.1) is 0 Å². The summed E-state index contributed by atoms with van der Waals surface area (Å²) in [5.74, 6) is 0.769.